The molecule has 0 bridgehead atoms. The van der Waals surface area contributed by atoms with Crippen LogP contribution in [-0.4, -0.2) is 48.7 Å². The Kier molecular flexibility index (Phi) is 5.63. The van der Waals surface area contributed by atoms with Gasteiger partial charge >= 0.3 is 0 Å². The maximum absolute atomic E-state index is 9.77. The minimum Gasteiger partial charge on any atom is -0.394 e. The number of aliphatic hydroxyl groups is 1. The Hall–Kier alpha value is -0.160. The molecule has 0 aromatic carbocycles. The average Bonchev–Trinajstić information content (AvgIpc) is 3.20. The highest BCUT2D eigenvalue weighted by Crippen LogP contribution is 2.34. The summed E-state index contributed by atoms with van der Waals surface area (Å²) >= 11 is 0. The van der Waals surface area contributed by atoms with Crippen LogP contribution >= 0.6 is 0 Å². The van der Waals surface area contributed by atoms with Gasteiger partial charge in [0.05, 0.1) is 25.4 Å². The van der Waals surface area contributed by atoms with Crippen LogP contribution in [0.1, 0.15) is 52.4 Å². The largest absolute Gasteiger partial charge is 0.394 e. The highest BCUT2D eigenvalue weighted by atomic mass is 16.5. The van der Waals surface area contributed by atoms with Crippen molar-refractivity contribution < 1.29 is 14.6 Å². The second-order valence-corrected chi connectivity index (χ2v) is 6.18. The van der Waals surface area contributed by atoms with E-state index in [1.807, 2.05) is 6.92 Å². The topological polar surface area (TPSA) is 50.7 Å². The van der Waals surface area contributed by atoms with Gasteiger partial charge < -0.3 is 19.9 Å². The van der Waals surface area contributed by atoms with Crippen LogP contribution < -0.4 is 5.32 Å². The SMILES string of the molecule is CCOCC(C)OC1CCCC(CO)(NC2CC2)C1. The zero-order valence-electron chi connectivity index (χ0n) is 12.4. The molecular weight excluding hydrogens is 242 g/mol. The Bertz CT molecular complexity index is 270. The van der Waals surface area contributed by atoms with Crippen LogP contribution in [0.3, 0.4) is 0 Å². The van der Waals surface area contributed by atoms with E-state index in [1.165, 1.54) is 12.8 Å². The standard InChI is InChI=1S/C15H29NO3/c1-3-18-10-12(2)19-14-5-4-8-15(9-14,11-17)16-13-6-7-13/h12-14,16-17H,3-11H2,1-2H3. The molecule has 2 rings (SSSR count). The molecule has 3 unspecified atom stereocenters. The summed E-state index contributed by atoms with van der Waals surface area (Å²) in [5.41, 5.74) is -0.102. The van der Waals surface area contributed by atoms with Gasteiger partial charge in [-0.05, 0) is 52.4 Å². The fraction of sp³-hybridized carbons (Fsp3) is 1.00. The van der Waals surface area contributed by atoms with Crippen molar-refractivity contribution in [3.05, 3.63) is 0 Å². The average molecular weight is 271 g/mol. The lowest BCUT2D eigenvalue weighted by molar-refractivity contribution is -0.0775. The van der Waals surface area contributed by atoms with E-state index in [0.717, 1.165) is 32.3 Å². The minimum atomic E-state index is -0.102. The smallest absolute Gasteiger partial charge is 0.0784 e. The van der Waals surface area contributed by atoms with Gasteiger partial charge in [0.2, 0.25) is 0 Å². The van der Waals surface area contributed by atoms with Crippen molar-refractivity contribution in [2.45, 2.75) is 76.2 Å². The van der Waals surface area contributed by atoms with Gasteiger partial charge in [-0.2, -0.15) is 0 Å². The molecule has 0 aromatic heterocycles. The van der Waals surface area contributed by atoms with Gasteiger partial charge in [0.25, 0.3) is 0 Å². The van der Waals surface area contributed by atoms with E-state index in [9.17, 15) is 5.11 Å². The summed E-state index contributed by atoms with van der Waals surface area (Å²) in [5.74, 6) is 0. The summed E-state index contributed by atoms with van der Waals surface area (Å²) in [6.45, 7) is 5.70. The highest BCUT2D eigenvalue weighted by molar-refractivity contribution is 4.99. The number of ether oxygens (including phenoxy) is 2. The van der Waals surface area contributed by atoms with E-state index in [4.69, 9.17) is 9.47 Å². The van der Waals surface area contributed by atoms with Crippen LogP contribution in [0.4, 0.5) is 0 Å². The van der Waals surface area contributed by atoms with Crippen molar-refractivity contribution in [2.24, 2.45) is 0 Å². The molecule has 0 aromatic rings. The molecule has 19 heavy (non-hydrogen) atoms. The van der Waals surface area contributed by atoms with Gasteiger partial charge in [-0.25, -0.2) is 0 Å². The molecule has 0 amide bonds. The number of rotatable bonds is 8. The van der Waals surface area contributed by atoms with Crippen LogP contribution in [0.25, 0.3) is 0 Å². The maximum Gasteiger partial charge on any atom is 0.0784 e. The Morgan fingerprint density at radius 2 is 2.16 bits per heavy atom. The van der Waals surface area contributed by atoms with Crippen LogP contribution in [0.2, 0.25) is 0 Å². The number of hydrogen-bond donors (Lipinski definition) is 2. The lowest BCUT2D eigenvalue weighted by atomic mass is 9.80. The normalized spacial score (nSPS) is 33.3. The molecule has 3 atom stereocenters. The van der Waals surface area contributed by atoms with Gasteiger partial charge in [-0.1, -0.05) is 0 Å². The Balaban J connectivity index is 1.80. The van der Waals surface area contributed by atoms with Gasteiger partial charge in [-0.3, -0.25) is 0 Å². The zero-order chi connectivity index (χ0) is 13.7. The van der Waals surface area contributed by atoms with E-state index in [0.29, 0.717) is 12.6 Å². The Morgan fingerprint density at radius 3 is 2.79 bits per heavy atom. The lowest BCUT2D eigenvalue weighted by Gasteiger charge is -2.41. The summed E-state index contributed by atoms with van der Waals surface area (Å²) in [6.07, 6.45) is 7.14. The van der Waals surface area contributed by atoms with Crippen molar-refractivity contribution in [1.29, 1.82) is 0 Å². The molecule has 2 aliphatic carbocycles. The first-order valence-corrected chi connectivity index (χ1v) is 7.79. The van der Waals surface area contributed by atoms with Gasteiger partial charge in [0, 0.05) is 18.2 Å². The molecule has 2 saturated carbocycles. The predicted molar refractivity (Wildman–Crippen MR) is 75.3 cm³/mol. The molecule has 2 aliphatic rings. The third-order valence-corrected chi connectivity index (χ3v) is 4.17. The van der Waals surface area contributed by atoms with Crippen molar-refractivity contribution in [3.8, 4) is 0 Å². The van der Waals surface area contributed by atoms with Crippen LogP contribution in [-0.2, 0) is 9.47 Å². The van der Waals surface area contributed by atoms with Crippen LogP contribution in [0.5, 0.6) is 0 Å². The summed E-state index contributed by atoms with van der Waals surface area (Å²) in [4.78, 5) is 0. The number of aliphatic hydroxyl groups excluding tert-OH is 1. The van der Waals surface area contributed by atoms with Gasteiger partial charge in [0.15, 0.2) is 0 Å². The van der Waals surface area contributed by atoms with Gasteiger partial charge in [0.1, 0.15) is 0 Å². The predicted octanol–water partition coefficient (Wildman–Crippen LogP) is 1.85. The van der Waals surface area contributed by atoms with Crippen molar-refractivity contribution in [3.63, 3.8) is 0 Å². The fourth-order valence-electron chi connectivity index (χ4n) is 3.06. The second-order valence-electron chi connectivity index (χ2n) is 6.18. The highest BCUT2D eigenvalue weighted by Gasteiger charge is 2.40. The number of hydrogen-bond acceptors (Lipinski definition) is 4. The number of nitrogens with one attached hydrogen (secondary N) is 1. The van der Waals surface area contributed by atoms with E-state index < -0.39 is 0 Å². The first-order chi connectivity index (χ1) is 9.17. The van der Waals surface area contributed by atoms with Crippen LogP contribution in [0, 0.1) is 0 Å². The van der Waals surface area contributed by atoms with Crippen molar-refractivity contribution in [2.75, 3.05) is 19.8 Å². The van der Waals surface area contributed by atoms with E-state index >= 15 is 0 Å². The maximum atomic E-state index is 9.77. The third kappa shape index (κ3) is 4.71. The fourth-order valence-corrected chi connectivity index (χ4v) is 3.06. The quantitative estimate of drug-likeness (QED) is 0.707. The molecule has 2 N–H and O–H groups in total. The molecule has 4 heteroatoms. The molecule has 2 fully saturated rings. The lowest BCUT2D eigenvalue weighted by Crippen LogP contribution is -2.54. The van der Waals surface area contributed by atoms with E-state index in [2.05, 4.69) is 12.2 Å². The molecule has 0 saturated heterocycles. The molecule has 0 radical (unpaired) electrons. The molecule has 0 spiro atoms. The summed E-state index contributed by atoms with van der Waals surface area (Å²) in [5, 5.41) is 13.4. The molecule has 0 heterocycles. The summed E-state index contributed by atoms with van der Waals surface area (Å²) in [6, 6.07) is 0.631. The van der Waals surface area contributed by atoms with Gasteiger partial charge in [-0.15, -0.1) is 0 Å². The monoisotopic (exact) mass is 271 g/mol. The molecule has 112 valence electrons. The summed E-state index contributed by atoms with van der Waals surface area (Å²) in [7, 11) is 0. The summed E-state index contributed by atoms with van der Waals surface area (Å²) < 4.78 is 11.5. The second kappa shape index (κ2) is 7.02. The van der Waals surface area contributed by atoms with E-state index in [1.54, 1.807) is 0 Å². The first-order valence-electron chi connectivity index (χ1n) is 7.79. The Labute approximate surface area is 116 Å². The molecular formula is C15H29NO3. The zero-order valence-corrected chi connectivity index (χ0v) is 12.4. The molecule has 4 nitrogen and oxygen atoms in total. The Morgan fingerprint density at radius 1 is 1.37 bits per heavy atom. The first kappa shape index (κ1) is 15.2. The van der Waals surface area contributed by atoms with Crippen molar-refractivity contribution >= 4 is 0 Å². The third-order valence-electron chi connectivity index (χ3n) is 4.17. The van der Waals surface area contributed by atoms with Crippen LogP contribution in [0.15, 0.2) is 0 Å². The minimum absolute atomic E-state index is 0.102. The molecule has 0 aliphatic heterocycles. The van der Waals surface area contributed by atoms with E-state index in [-0.39, 0.29) is 24.4 Å². The van der Waals surface area contributed by atoms with Crippen molar-refractivity contribution in [1.82, 2.24) is 5.32 Å².